The van der Waals surface area contributed by atoms with E-state index in [1.807, 2.05) is 24.3 Å². The molecule has 5 nitrogen and oxygen atoms in total. The molecule has 0 spiro atoms. The molecule has 100 valence electrons. The summed E-state index contributed by atoms with van der Waals surface area (Å²) in [5.41, 5.74) is 0.993. The van der Waals surface area contributed by atoms with Gasteiger partial charge in [-0.1, -0.05) is 12.1 Å². The first-order chi connectivity index (χ1) is 9.04. The summed E-state index contributed by atoms with van der Waals surface area (Å²) in [4.78, 5) is 26.5. The minimum Gasteiger partial charge on any atom is -0.481 e. The summed E-state index contributed by atoms with van der Waals surface area (Å²) < 4.78 is 0. The Bertz CT molecular complexity index is 534. The predicted octanol–water partition coefficient (Wildman–Crippen LogP) is 1.67. The Kier molecular flexibility index (Phi) is 2.52. The summed E-state index contributed by atoms with van der Waals surface area (Å²) in [6, 6.07) is 7.35. The van der Waals surface area contributed by atoms with Crippen LogP contribution >= 0.6 is 0 Å². The zero-order chi connectivity index (χ0) is 13.6. The Labute approximate surface area is 111 Å². The number of carbonyl (C=O) groups is 2. The minimum atomic E-state index is -0.753. The summed E-state index contributed by atoms with van der Waals surface area (Å²) in [7, 11) is 1.78. The molecule has 1 saturated carbocycles. The van der Waals surface area contributed by atoms with Crippen molar-refractivity contribution < 1.29 is 14.7 Å². The number of nitrogens with zero attached hydrogens (tertiary/aromatic N) is 2. The second-order valence-corrected chi connectivity index (χ2v) is 5.29. The van der Waals surface area contributed by atoms with Gasteiger partial charge in [0.2, 0.25) is 0 Å². The Hall–Kier alpha value is -2.04. The summed E-state index contributed by atoms with van der Waals surface area (Å²) in [5.74, 6) is -0.753. The van der Waals surface area contributed by atoms with Crippen LogP contribution < -0.4 is 4.90 Å². The second-order valence-electron chi connectivity index (χ2n) is 5.29. The molecule has 0 bridgehead atoms. The zero-order valence-corrected chi connectivity index (χ0v) is 10.8. The monoisotopic (exact) mass is 260 g/mol. The normalized spacial score (nSPS) is 20.8. The average Bonchev–Trinajstić information content (AvgIpc) is 3.15. The van der Waals surface area contributed by atoms with Gasteiger partial charge in [-0.15, -0.1) is 0 Å². The first kappa shape index (κ1) is 12.0. The molecular weight excluding hydrogens is 244 g/mol. The standard InChI is InChI=1S/C14H16N2O3/c1-15-8-9-16(13(15)19)11-4-2-10(3-5-11)14(6-7-14)12(17)18/h2-5H,6-9H2,1H3,(H,17,18). The topological polar surface area (TPSA) is 60.9 Å². The molecule has 0 atom stereocenters. The van der Waals surface area contributed by atoms with Gasteiger partial charge in [0, 0.05) is 25.8 Å². The van der Waals surface area contributed by atoms with Crippen LogP contribution in [-0.2, 0) is 10.2 Å². The van der Waals surface area contributed by atoms with Gasteiger partial charge in [-0.2, -0.15) is 0 Å². The van der Waals surface area contributed by atoms with E-state index < -0.39 is 11.4 Å². The van der Waals surface area contributed by atoms with Crippen molar-refractivity contribution in [3.05, 3.63) is 29.8 Å². The lowest BCUT2D eigenvalue weighted by Crippen LogP contribution is -2.29. The van der Waals surface area contributed by atoms with Crippen LogP contribution in [-0.4, -0.2) is 42.1 Å². The third-order valence-electron chi connectivity index (χ3n) is 4.11. The molecule has 1 aliphatic heterocycles. The molecule has 2 amide bonds. The fraction of sp³-hybridized carbons (Fsp3) is 0.429. The van der Waals surface area contributed by atoms with Crippen LogP contribution in [0, 0.1) is 0 Å². The molecule has 1 saturated heterocycles. The fourth-order valence-electron chi connectivity index (χ4n) is 2.60. The van der Waals surface area contributed by atoms with Crippen LogP contribution in [0.3, 0.4) is 0 Å². The minimum absolute atomic E-state index is 0.00730. The first-order valence-electron chi connectivity index (χ1n) is 6.41. The highest BCUT2D eigenvalue weighted by Crippen LogP contribution is 2.48. The highest BCUT2D eigenvalue weighted by atomic mass is 16.4. The average molecular weight is 260 g/mol. The highest BCUT2D eigenvalue weighted by Gasteiger charge is 2.51. The fourth-order valence-corrected chi connectivity index (χ4v) is 2.60. The third kappa shape index (κ3) is 1.77. The maximum Gasteiger partial charge on any atom is 0.324 e. The molecule has 1 aromatic carbocycles. The number of aliphatic carboxylic acids is 1. The van der Waals surface area contributed by atoms with Crippen molar-refractivity contribution in [3.8, 4) is 0 Å². The Morgan fingerprint density at radius 2 is 1.84 bits per heavy atom. The van der Waals surface area contributed by atoms with Gasteiger partial charge >= 0.3 is 12.0 Å². The van der Waals surface area contributed by atoms with Crippen molar-refractivity contribution in [2.24, 2.45) is 0 Å². The van der Waals surface area contributed by atoms with Crippen LogP contribution in [0.25, 0.3) is 0 Å². The van der Waals surface area contributed by atoms with Crippen LogP contribution in [0.2, 0.25) is 0 Å². The smallest absolute Gasteiger partial charge is 0.324 e. The lowest BCUT2D eigenvalue weighted by Gasteiger charge is -2.17. The summed E-state index contributed by atoms with van der Waals surface area (Å²) in [5, 5.41) is 9.24. The van der Waals surface area contributed by atoms with Gasteiger partial charge in [0.25, 0.3) is 0 Å². The summed E-state index contributed by atoms with van der Waals surface area (Å²) >= 11 is 0. The molecule has 0 radical (unpaired) electrons. The number of carbonyl (C=O) groups excluding carboxylic acids is 1. The summed E-state index contributed by atoms with van der Waals surface area (Å²) in [6.45, 7) is 1.40. The van der Waals surface area contributed by atoms with Crippen molar-refractivity contribution in [2.75, 3.05) is 25.0 Å². The van der Waals surface area contributed by atoms with Crippen molar-refractivity contribution in [2.45, 2.75) is 18.3 Å². The third-order valence-corrected chi connectivity index (χ3v) is 4.11. The summed E-state index contributed by atoms with van der Waals surface area (Å²) in [6.07, 6.45) is 1.40. The van der Waals surface area contributed by atoms with E-state index in [9.17, 15) is 14.7 Å². The van der Waals surface area contributed by atoms with Gasteiger partial charge < -0.3 is 10.0 Å². The number of hydrogen-bond donors (Lipinski definition) is 1. The van der Waals surface area contributed by atoms with Crippen LogP contribution in [0.1, 0.15) is 18.4 Å². The number of rotatable bonds is 3. The van der Waals surface area contributed by atoms with Crippen LogP contribution in [0.5, 0.6) is 0 Å². The Balaban J connectivity index is 1.84. The predicted molar refractivity (Wildman–Crippen MR) is 70.4 cm³/mol. The number of amides is 2. The lowest BCUT2D eigenvalue weighted by atomic mass is 9.96. The number of urea groups is 1. The molecule has 3 rings (SSSR count). The number of anilines is 1. The number of likely N-dealkylation sites (N-methyl/N-ethyl adjacent to an activating group) is 1. The van der Waals surface area contributed by atoms with E-state index in [0.717, 1.165) is 17.8 Å². The van der Waals surface area contributed by atoms with Gasteiger partial charge in [0.1, 0.15) is 0 Å². The van der Waals surface area contributed by atoms with Gasteiger partial charge in [-0.3, -0.25) is 9.69 Å². The Morgan fingerprint density at radius 3 is 2.26 bits per heavy atom. The molecule has 19 heavy (non-hydrogen) atoms. The number of carboxylic acid groups (broad SMARTS) is 1. The largest absolute Gasteiger partial charge is 0.481 e. The maximum atomic E-state index is 11.9. The lowest BCUT2D eigenvalue weighted by molar-refractivity contribution is -0.140. The van der Waals surface area contributed by atoms with E-state index in [1.54, 1.807) is 16.8 Å². The molecular formula is C14H16N2O3. The van der Waals surface area contributed by atoms with E-state index >= 15 is 0 Å². The van der Waals surface area contributed by atoms with Crippen LogP contribution in [0.15, 0.2) is 24.3 Å². The molecule has 0 unspecified atom stereocenters. The molecule has 2 fully saturated rings. The van der Waals surface area contributed by atoms with E-state index in [-0.39, 0.29) is 6.03 Å². The van der Waals surface area contributed by atoms with E-state index in [1.165, 1.54) is 0 Å². The van der Waals surface area contributed by atoms with E-state index in [4.69, 9.17) is 0 Å². The number of carboxylic acids is 1. The highest BCUT2D eigenvalue weighted by molar-refractivity contribution is 5.94. The molecule has 2 aliphatic rings. The molecule has 1 N–H and O–H groups in total. The molecule has 1 aliphatic carbocycles. The first-order valence-corrected chi connectivity index (χ1v) is 6.41. The number of hydrogen-bond acceptors (Lipinski definition) is 2. The van der Waals surface area contributed by atoms with E-state index in [0.29, 0.717) is 19.4 Å². The SMILES string of the molecule is CN1CCN(c2ccc(C3(C(=O)O)CC3)cc2)C1=O. The van der Waals surface area contributed by atoms with Gasteiger partial charge in [-0.25, -0.2) is 4.79 Å². The molecule has 1 aromatic rings. The van der Waals surface area contributed by atoms with Gasteiger partial charge in [0.05, 0.1) is 5.41 Å². The van der Waals surface area contributed by atoms with E-state index in [2.05, 4.69) is 0 Å². The van der Waals surface area contributed by atoms with Crippen molar-refractivity contribution in [1.82, 2.24) is 4.90 Å². The molecule has 0 aromatic heterocycles. The molecule has 1 heterocycles. The zero-order valence-electron chi connectivity index (χ0n) is 10.8. The number of benzene rings is 1. The second kappa shape index (κ2) is 3.98. The maximum absolute atomic E-state index is 11.9. The van der Waals surface area contributed by atoms with Crippen molar-refractivity contribution in [1.29, 1.82) is 0 Å². The van der Waals surface area contributed by atoms with Gasteiger partial charge in [0.15, 0.2) is 0 Å². The molecule has 5 heteroatoms. The Morgan fingerprint density at radius 1 is 1.21 bits per heavy atom. The quantitative estimate of drug-likeness (QED) is 0.899. The van der Waals surface area contributed by atoms with Crippen molar-refractivity contribution >= 4 is 17.7 Å². The van der Waals surface area contributed by atoms with Crippen LogP contribution in [0.4, 0.5) is 10.5 Å². The van der Waals surface area contributed by atoms with Crippen molar-refractivity contribution in [3.63, 3.8) is 0 Å². The van der Waals surface area contributed by atoms with Gasteiger partial charge in [-0.05, 0) is 30.5 Å².